The van der Waals surface area contributed by atoms with Gasteiger partial charge >= 0.3 is 0 Å². The van der Waals surface area contributed by atoms with Crippen molar-refractivity contribution in [1.82, 2.24) is 9.97 Å². The molecule has 138 valence electrons. The Kier molecular flexibility index (Phi) is 5.66. The molecule has 0 radical (unpaired) electrons. The quantitative estimate of drug-likeness (QED) is 0.616. The average Bonchev–Trinajstić information content (AvgIpc) is 2.64. The van der Waals surface area contributed by atoms with E-state index in [0.29, 0.717) is 17.2 Å². The van der Waals surface area contributed by atoms with Crippen LogP contribution in [-0.4, -0.2) is 15.9 Å². The summed E-state index contributed by atoms with van der Waals surface area (Å²) in [6.45, 7) is 3.22. The predicted molar refractivity (Wildman–Crippen MR) is 102 cm³/mol. The van der Waals surface area contributed by atoms with Gasteiger partial charge in [-0.3, -0.25) is 9.78 Å². The number of rotatable bonds is 5. The summed E-state index contributed by atoms with van der Waals surface area (Å²) in [4.78, 5) is 19.8. The normalized spacial score (nSPS) is 10.5. The molecular formula is C19H16F2N4OS. The number of anilines is 2. The third kappa shape index (κ3) is 4.59. The van der Waals surface area contributed by atoms with Crippen LogP contribution in [-0.2, 0) is 4.79 Å². The zero-order chi connectivity index (χ0) is 19.4. The van der Waals surface area contributed by atoms with Crippen molar-refractivity contribution in [2.75, 3.05) is 10.0 Å². The van der Waals surface area contributed by atoms with Crippen LogP contribution >= 0.6 is 11.9 Å². The molecule has 3 aromatic rings. The number of aryl methyl sites for hydroxylation is 1. The minimum Gasteiger partial charge on any atom is -0.324 e. The highest BCUT2D eigenvalue weighted by Gasteiger charge is 2.10. The zero-order valence-corrected chi connectivity index (χ0v) is 15.4. The second kappa shape index (κ2) is 8.13. The van der Waals surface area contributed by atoms with Crippen LogP contribution in [0.5, 0.6) is 0 Å². The molecule has 5 nitrogen and oxygen atoms in total. The number of carbonyl (C=O) groups excluding carboxylic acids is 1. The van der Waals surface area contributed by atoms with Crippen LogP contribution in [0, 0.1) is 18.6 Å². The smallest absolute Gasteiger partial charge is 0.222 e. The lowest BCUT2D eigenvalue weighted by Gasteiger charge is -2.11. The van der Waals surface area contributed by atoms with Crippen molar-refractivity contribution >= 4 is 29.4 Å². The number of nitrogens with zero attached hydrogens (tertiary/aromatic N) is 2. The van der Waals surface area contributed by atoms with Crippen molar-refractivity contribution in [2.24, 2.45) is 0 Å². The molecular weight excluding hydrogens is 370 g/mol. The molecule has 0 aliphatic rings. The van der Waals surface area contributed by atoms with E-state index in [9.17, 15) is 13.6 Å². The second-order valence-corrected chi connectivity index (χ2v) is 6.57. The summed E-state index contributed by atoms with van der Waals surface area (Å²) in [5, 5.41) is 2.63. The Balaban J connectivity index is 1.84. The van der Waals surface area contributed by atoms with E-state index in [1.54, 1.807) is 24.5 Å². The molecule has 1 amide bonds. The molecule has 2 aromatic heterocycles. The van der Waals surface area contributed by atoms with Gasteiger partial charge in [0.15, 0.2) is 11.6 Å². The number of halogens is 2. The summed E-state index contributed by atoms with van der Waals surface area (Å²) < 4.78 is 30.2. The van der Waals surface area contributed by atoms with Gasteiger partial charge in [-0.1, -0.05) is 6.07 Å². The highest BCUT2D eigenvalue weighted by molar-refractivity contribution is 8.00. The van der Waals surface area contributed by atoms with Gasteiger partial charge in [0.05, 0.1) is 16.3 Å². The first-order valence-corrected chi connectivity index (χ1v) is 8.83. The van der Waals surface area contributed by atoms with E-state index < -0.39 is 11.6 Å². The van der Waals surface area contributed by atoms with Gasteiger partial charge in [-0.2, -0.15) is 0 Å². The molecule has 8 heteroatoms. The fourth-order valence-corrected chi connectivity index (χ4v) is 3.09. The Morgan fingerprint density at radius 2 is 1.93 bits per heavy atom. The summed E-state index contributed by atoms with van der Waals surface area (Å²) in [5.41, 5.74) is 2.97. The number of aromatic nitrogens is 2. The van der Waals surface area contributed by atoms with Gasteiger partial charge in [0, 0.05) is 24.9 Å². The highest BCUT2D eigenvalue weighted by atomic mass is 32.2. The molecule has 3 rings (SSSR count). The van der Waals surface area contributed by atoms with Crippen molar-refractivity contribution < 1.29 is 13.6 Å². The molecule has 0 unspecified atom stereocenters. The number of carbonyl (C=O) groups is 1. The standard InChI is InChI=1S/C19H16F2N4OS/c1-11-16(25-27-17-5-3-4-15(20)19(17)21)8-14(10-23-11)13-6-7-22-18(9-13)24-12(2)26/h3-10,25H,1-2H3,(H,22,24,26). The maximum atomic E-state index is 13.8. The van der Waals surface area contributed by atoms with Gasteiger partial charge in [-0.25, -0.2) is 13.8 Å². The summed E-state index contributed by atoms with van der Waals surface area (Å²) in [6, 6.07) is 9.38. The number of benzene rings is 1. The maximum absolute atomic E-state index is 13.8. The lowest BCUT2D eigenvalue weighted by Crippen LogP contribution is -2.07. The van der Waals surface area contributed by atoms with E-state index >= 15 is 0 Å². The Morgan fingerprint density at radius 1 is 1.11 bits per heavy atom. The maximum Gasteiger partial charge on any atom is 0.222 e. The highest BCUT2D eigenvalue weighted by Crippen LogP contribution is 2.29. The lowest BCUT2D eigenvalue weighted by atomic mass is 10.1. The molecule has 2 heterocycles. The third-order valence-corrected chi connectivity index (χ3v) is 4.53. The van der Waals surface area contributed by atoms with Crippen molar-refractivity contribution in [2.45, 2.75) is 18.7 Å². The van der Waals surface area contributed by atoms with Gasteiger partial charge in [0.25, 0.3) is 0 Å². The zero-order valence-electron chi connectivity index (χ0n) is 14.6. The summed E-state index contributed by atoms with van der Waals surface area (Å²) >= 11 is 0.970. The van der Waals surface area contributed by atoms with Gasteiger partial charge in [-0.05, 0) is 54.8 Å². The van der Waals surface area contributed by atoms with E-state index in [-0.39, 0.29) is 10.8 Å². The summed E-state index contributed by atoms with van der Waals surface area (Å²) in [7, 11) is 0. The Morgan fingerprint density at radius 3 is 2.70 bits per heavy atom. The molecule has 0 spiro atoms. The summed E-state index contributed by atoms with van der Waals surface area (Å²) in [6.07, 6.45) is 3.28. The summed E-state index contributed by atoms with van der Waals surface area (Å²) in [5.74, 6) is -1.57. The molecule has 0 fully saturated rings. The van der Waals surface area contributed by atoms with E-state index in [1.165, 1.54) is 19.1 Å². The van der Waals surface area contributed by atoms with Crippen LogP contribution in [0.4, 0.5) is 20.3 Å². The van der Waals surface area contributed by atoms with Crippen LogP contribution in [0.25, 0.3) is 11.1 Å². The molecule has 2 N–H and O–H groups in total. The minimum absolute atomic E-state index is 0.150. The van der Waals surface area contributed by atoms with Gasteiger partial charge in [0.1, 0.15) is 5.82 Å². The van der Waals surface area contributed by atoms with E-state index in [2.05, 4.69) is 20.0 Å². The number of pyridine rings is 2. The minimum atomic E-state index is -0.897. The molecule has 0 aliphatic heterocycles. The molecule has 0 saturated heterocycles. The van der Waals surface area contributed by atoms with Crippen molar-refractivity contribution in [3.05, 3.63) is 66.1 Å². The van der Waals surface area contributed by atoms with E-state index in [1.807, 2.05) is 13.0 Å². The van der Waals surface area contributed by atoms with Crippen LogP contribution in [0.1, 0.15) is 12.6 Å². The molecule has 27 heavy (non-hydrogen) atoms. The molecule has 0 saturated carbocycles. The first-order chi connectivity index (χ1) is 12.9. The topological polar surface area (TPSA) is 66.9 Å². The Hall–Kier alpha value is -3.00. The number of amides is 1. The van der Waals surface area contributed by atoms with Crippen molar-refractivity contribution in [1.29, 1.82) is 0 Å². The van der Waals surface area contributed by atoms with Crippen LogP contribution in [0.15, 0.2) is 53.7 Å². The third-order valence-electron chi connectivity index (χ3n) is 3.67. The monoisotopic (exact) mass is 386 g/mol. The fourth-order valence-electron chi connectivity index (χ4n) is 2.33. The first-order valence-electron chi connectivity index (χ1n) is 8.01. The number of hydrogen-bond acceptors (Lipinski definition) is 5. The molecule has 0 bridgehead atoms. The molecule has 0 aliphatic carbocycles. The fraction of sp³-hybridized carbons (Fsp3) is 0.105. The number of hydrogen-bond donors (Lipinski definition) is 2. The SMILES string of the molecule is CC(=O)Nc1cc(-c2cnc(C)c(NSc3cccc(F)c3F)c2)ccn1. The lowest BCUT2D eigenvalue weighted by molar-refractivity contribution is -0.114. The van der Waals surface area contributed by atoms with Crippen LogP contribution in [0.2, 0.25) is 0 Å². The Bertz CT molecular complexity index is 997. The largest absolute Gasteiger partial charge is 0.324 e. The van der Waals surface area contributed by atoms with E-state index in [0.717, 1.165) is 29.1 Å². The predicted octanol–water partition coefficient (Wildman–Crippen LogP) is 4.81. The first kappa shape index (κ1) is 18.8. The molecule has 0 atom stereocenters. The Labute approximate surface area is 159 Å². The van der Waals surface area contributed by atoms with Gasteiger partial charge < -0.3 is 10.0 Å². The van der Waals surface area contributed by atoms with Crippen molar-refractivity contribution in [3.63, 3.8) is 0 Å². The average molecular weight is 386 g/mol. The second-order valence-electron chi connectivity index (χ2n) is 5.72. The van der Waals surface area contributed by atoms with Crippen LogP contribution < -0.4 is 10.0 Å². The molecule has 1 aromatic carbocycles. The van der Waals surface area contributed by atoms with Crippen molar-refractivity contribution in [3.8, 4) is 11.1 Å². The van der Waals surface area contributed by atoms with E-state index in [4.69, 9.17) is 0 Å². The van der Waals surface area contributed by atoms with Gasteiger partial charge in [0.2, 0.25) is 5.91 Å². The number of nitrogens with one attached hydrogen (secondary N) is 2. The van der Waals surface area contributed by atoms with Crippen LogP contribution in [0.3, 0.4) is 0 Å². The van der Waals surface area contributed by atoms with Gasteiger partial charge in [-0.15, -0.1) is 0 Å².